The van der Waals surface area contributed by atoms with Crippen LogP contribution in [0, 0.1) is 0 Å². The molecule has 0 aromatic carbocycles. The van der Waals surface area contributed by atoms with E-state index in [1.807, 2.05) is 0 Å². The molecule has 0 heterocycles. The zero-order valence-electron chi connectivity index (χ0n) is 30.4. The minimum Gasteiger partial charge on any atom is -0.0654 e. The van der Waals surface area contributed by atoms with Crippen LogP contribution in [0.4, 0.5) is 0 Å². The van der Waals surface area contributed by atoms with E-state index in [-0.39, 0.29) is 5.75 Å². The maximum absolute atomic E-state index is 13.7. The third kappa shape index (κ3) is 23.3. The van der Waals surface area contributed by atoms with Gasteiger partial charge in [-0.05, 0) is 0 Å². The Kier molecular flexibility index (Phi) is 28.8. The van der Waals surface area contributed by atoms with E-state index < -0.39 is 16.9 Å². The maximum atomic E-state index is 13.7. The van der Waals surface area contributed by atoms with Crippen molar-refractivity contribution in [3.05, 3.63) is 0 Å². The molecule has 5 heteroatoms. The molecule has 0 saturated heterocycles. The van der Waals surface area contributed by atoms with Gasteiger partial charge in [-0.15, -0.1) is 0 Å². The van der Waals surface area contributed by atoms with Crippen LogP contribution in [-0.4, -0.2) is 38.8 Å². The summed E-state index contributed by atoms with van der Waals surface area (Å²) in [6.45, 7) is 8.49. The zero-order chi connectivity index (χ0) is 32.0. The first-order valence-electron chi connectivity index (χ1n) is 19.8. The fourth-order valence-electron chi connectivity index (χ4n) is 6.97. The molecule has 0 spiro atoms. The second-order valence-corrected chi connectivity index (χ2v) is 21.8. The number of hydrogen-bond donors (Lipinski definition) is 0. The molecule has 0 bridgehead atoms. The van der Waals surface area contributed by atoms with Crippen LogP contribution in [0.2, 0.25) is 0 Å². The van der Waals surface area contributed by atoms with E-state index in [1.54, 1.807) is 0 Å². The van der Waals surface area contributed by atoms with E-state index in [2.05, 4.69) is 34.6 Å². The van der Waals surface area contributed by atoms with Gasteiger partial charge in [0.1, 0.15) is 0 Å². The van der Waals surface area contributed by atoms with Crippen LogP contribution in [0.25, 0.3) is 0 Å². The first-order chi connectivity index (χ1) is 20.8. The number of hydrogen-bond acceptors (Lipinski definition) is 3. The van der Waals surface area contributed by atoms with Gasteiger partial charge in [-0.25, -0.2) is 0 Å². The monoisotopic (exact) mass is 649 g/mol. The first-order valence-corrected chi connectivity index (χ1v) is 24.2. The standard InChI is InChI=1S/C38H81O3PS/c1-6-11-16-18-20-22-24-25-26-28-30-32-37-42(34-13-8-3,35-14-9-4,36-15-10-5)41-43(39,40)38-33-31-29-27-23-21-19-17-12-7-2/h6-38H2,1-5H3. The van der Waals surface area contributed by atoms with E-state index in [1.165, 1.54) is 116 Å². The van der Waals surface area contributed by atoms with E-state index in [4.69, 9.17) is 3.97 Å². The Labute approximate surface area is 273 Å². The molecular weight excluding hydrogens is 567 g/mol. The smallest absolute Gasteiger partial charge is 0.0654 e. The molecule has 0 rings (SSSR count). The predicted octanol–water partition coefficient (Wildman–Crippen LogP) is 13.8. The summed E-state index contributed by atoms with van der Waals surface area (Å²) in [6, 6.07) is 0. The molecule has 0 N–H and O–H groups in total. The van der Waals surface area contributed by atoms with Gasteiger partial charge in [-0.1, -0.05) is 26.7 Å². The van der Waals surface area contributed by atoms with Gasteiger partial charge in [-0.2, -0.15) is 0 Å². The number of unbranched alkanes of at least 4 members (excludes halogenated alkanes) is 23. The van der Waals surface area contributed by atoms with Crippen molar-refractivity contribution in [3.63, 3.8) is 0 Å². The molecule has 0 fully saturated rings. The second kappa shape index (κ2) is 28.6. The van der Waals surface area contributed by atoms with Crippen molar-refractivity contribution in [2.45, 2.75) is 214 Å². The Morgan fingerprint density at radius 3 is 0.930 bits per heavy atom. The van der Waals surface area contributed by atoms with E-state index in [0.717, 1.165) is 88.9 Å². The van der Waals surface area contributed by atoms with Gasteiger partial charge >= 0.3 is 247 Å². The summed E-state index contributed by atoms with van der Waals surface area (Å²) >= 11 is 0. The molecule has 0 aromatic heterocycles. The Morgan fingerprint density at radius 1 is 0.349 bits per heavy atom. The Balaban J connectivity index is 5.06. The molecule has 43 heavy (non-hydrogen) atoms. The van der Waals surface area contributed by atoms with Crippen molar-refractivity contribution >= 4 is 16.9 Å². The third-order valence-electron chi connectivity index (χ3n) is 9.88. The average molecular weight is 649 g/mol. The summed E-state index contributed by atoms with van der Waals surface area (Å²) in [4.78, 5) is 0. The van der Waals surface area contributed by atoms with Crippen LogP contribution in [0.5, 0.6) is 0 Å². The van der Waals surface area contributed by atoms with Gasteiger partial charge in [0.05, 0.1) is 0 Å². The Morgan fingerprint density at radius 2 is 0.605 bits per heavy atom. The molecule has 0 aliphatic heterocycles. The summed E-state index contributed by atoms with van der Waals surface area (Å²) in [5.41, 5.74) is 0. The van der Waals surface area contributed by atoms with Crippen LogP contribution >= 0.6 is 6.83 Å². The Hall–Kier alpha value is 0.340. The first kappa shape index (κ1) is 43.3. The van der Waals surface area contributed by atoms with Gasteiger partial charge < -0.3 is 0 Å². The molecule has 0 aliphatic rings. The molecule has 0 aromatic rings. The quantitative estimate of drug-likeness (QED) is 0.0507. The fraction of sp³-hybridized carbons (Fsp3) is 1.00. The molecule has 0 saturated carbocycles. The number of rotatable bonds is 35. The SMILES string of the molecule is CCCCCCCCCCCCCCP(CCCC)(CCCC)(CCCC)OS(=O)(=O)CCCCCCCCCCCC. The third-order valence-corrected chi connectivity index (χ3v) is 19.1. The summed E-state index contributed by atoms with van der Waals surface area (Å²) in [5.74, 6) is 0.226. The molecule has 262 valence electrons. The van der Waals surface area contributed by atoms with Crippen LogP contribution in [-0.2, 0) is 14.1 Å². The minimum absolute atomic E-state index is 0.226. The fourth-order valence-corrected chi connectivity index (χ4v) is 17.3. The van der Waals surface area contributed by atoms with Crippen molar-refractivity contribution in [1.29, 1.82) is 0 Å². The molecule has 3 nitrogen and oxygen atoms in total. The van der Waals surface area contributed by atoms with Crippen molar-refractivity contribution in [3.8, 4) is 0 Å². The van der Waals surface area contributed by atoms with Gasteiger partial charge in [0.2, 0.25) is 0 Å². The average Bonchev–Trinajstić information content (AvgIpc) is 2.99. The molecule has 0 radical (unpaired) electrons. The van der Waals surface area contributed by atoms with Crippen LogP contribution < -0.4 is 0 Å². The molecular formula is C38H81O3PS. The zero-order valence-corrected chi connectivity index (χ0v) is 32.1. The predicted molar refractivity (Wildman–Crippen MR) is 199 cm³/mol. The molecule has 0 atom stereocenters. The van der Waals surface area contributed by atoms with Gasteiger partial charge in [0.25, 0.3) is 0 Å². The van der Waals surface area contributed by atoms with Gasteiger partial charge in [0, 0.05) is 0 Å². The van der Waals surface area contributed by atoms with E-state index in [0.29, 0.717) is 0 Å². The topological polar surface area (TPSA) is 43.4 Å². The summed E-state index contributed by atoms with van der Waals surface area (Å²) in [7, 11) is -3.50. The van der Waals surface area contributed by atoms with Crippen LogP contribution in [0.1, 0.15) is 214 Å². The van der Waals surface area contributed by atoms with E-state index in [9.17, 15) is 8.42 Å². The summed E-state index contributed by atoms with van der Waals surface area (Å²) < 4.78 is 34.2. The Bertz CT molecular complexity index is 669. The summed E-state index contributed by atoms with van der Waals surface area (Å²) in [6.07, 6.45) is 39.1. The van der Waals surface area contributed by atoms with Gasteiger partial charge in [0.15, 0.2) is 0 Å². The van der Waals surface area contributed by atoms with Crippen LogP contribution in [0.3, 0.4) is 0 Å². The van der Waals surface area contributed by atoms with E-state index >= 15 is 0 Å². The van der Waals surface area contributed by atoms with Gasteiger partial charge in [-0.3, -0.25) is 0 Å². The second-order valence-electron chi connectivity index (χ2n) is 14.2. The van der Waals surface area contributed by atoms with Crippen molar-refractivity contribution in [1.82, 2.24) is 0 Å². The molecule has 0 amide bonds. The van der Waals surface area contributed by atoms with Crippen molar-refractivity contribution in [2.24, 2.45) is 0 Å². The molecule has 0 unspecified atom stereocenters. The summed E-state index contributed by atoms with van der Waals surface area (Å²) in [5, 5.41) is 0. The molecule has 0 aliphatic carbocycles. The normalized spacial score (nSPS) is 13.4. The van der Waals surface area contributed by atoms with Crippen LogP contribution in [0.15, 0.2) is 0 Å². The van der Waals surface area contributed by atoms with Crippen molar-refractivity contribution < 1.29 is 12.4 Å². The van der Waals surface area contributed by atoms with Crippen molar-refractivity contribution in [2.75, 3.05) is 30.4 Å². The minimum atomic E-state index is -3.50.